The second kappa shape index (κ2) is 13.3. The van der Waals surface area contributed by atoms with Crippen LogP contribution in [0.3, 0.4) is 0 Å². The lowest BCUT2D eigenvalue weighted by molar-refractivity contribution is -0.161. The number of aryl methyl sites for hydroxylation is 2. The molecule has 218 valence electrons. The van der Waals surface area contributed by atoms with Crippen LogP contribution in [-0.4, -0.2) is 30.1 Å². The van der Waals surface area contributed by atoms with E-state index in [-0.39, 0.29) is 22.8 Å². The van der Waals surface area contributed by atoms with Crippen molar-refractivity contribution in [2.75, 3.05) is 4.72 Å². The molecule has 0 fully saturated rings. The number of carbonyl (C=O) groups is 1. The Hall–Kier alpha value is -3.65. The van der Waals surface area contributed by atoms with E-state index in [1.807, 2.05) is 38.1 Å². The first-order valence-corrected chi connectivity index (χ1v) is 16.0. The lowest BCUT2D eigenvalue weighted by Gasteiger charge is -2.38. The molecule has 3 aromatic rings. The summed E-state index contributed by atoms with van der Waals surface area (Å²) >= 11 is 0. The van der Waals surface area contributed by atoms with Gasteiger partial charge in [-0.15, -0.1) is 0 Å². The number of pyridine rings is 1. The first-order chi connectivity index (χ1) is 19.7. The van der Waals surface area contributed by atoms with Gasteiger partial charge in [0.1, 0.15) is 11.4 Å². The minimum Gasteiger partial charge on any atom is -0.512 e. The number of benzene rings is 2. The smallest absolute Gasteiger partial charge is 0.338 e. The molecule has 0 spiro atoms. The average Bonchev–Trinajstić information content (AvgIpc) is 2.95. The van der Waals surface area contributed by atoms with Gasteiger partial charge in [-0.1, -0.05) is 82.1 Å². The van der Waals surface area contributed by atoms with Gasteiger partial charge in [-0.3, -0.25) is 4.72 Å². The van der Waals surface area contributed by atoms with E-state index >= 15 is 0 Å². The number of aliphatic hydroxyl groups excluding tert-OH is 1. The number of carbonyl (C=O) groups excluding carboxylic acids is 1. The molecule has 2 aromatic carbocycles. The van der Waals surface area contributed by atoms with Crippen molar-refractivity contribution in [3.05, 3.63) is 101 Å². The molecule has 0 unspecified atom stereocenters. The van der Waals surface area contributed by atoms with Crippen LogP contribution in [0.25, 0.3) is 0 Å². The predicted octanol–water partition coefficient (Wildman–Crippen LogP) is 7.26. The summed E-state index contributed by atoms with van der Waals surface area (Å²) in [5.41, 5.74) is 2.69. The summed E-state index contributed by atoms with van der Waals surface area (Å²) in [6.45, 7) is 6.03. The molecule has 1 aliphatic heterocycles. The number of esters is 1. The number of hydrogen-bond donors (Lipinski definition) is 2. The van der Waals surface area contributed by atoms with E-state index in [1.165, 1.54) is 6.07 Å². The number of anilines is 1. The molecule has 2 heterocycles. The molecule has 0 bridgehead atoms. The summed E-state index contributed by atoms with van der Waals surface area (Å²) in [6, 6.07) is 20.3. The number of rotatable bonds is 13. The highest BCUT2D eigenvalue weighted by atomic mass is 32.2. The van der Waals surface area contributed by atoms with Gasteiger partial charge in [0, 0.05) is 24.2 Å². The molecule has 1 aliphatic rings. The lowest BCUT2D eigenvalue weighted by atomic mass is 9.80. The molecule has 2 atom stereocenters. The SMILES string of the molecule is CCCc1ccc(S(=O)(=O)Nc2cccc([C@@H](CC)C3=C(O)C[C@@](CCC)(CCc4ccccc4)OC3=O)c2)nc1. The first-order valence-electron chi connectivity index (χ1n) is 14.5. The van der Waals surface area contributed by atoms with Crippen molar-refractivity contribution in [3.63, 3.8) is 0 Å². The standard InChI is InChI=1S/C33H40N2O5S/c1-4-11-25-16-17-30(34-23-25)41(38,39)35-27-15-10-14-26(21-27)28(6-3)31-29(36)22-33(19-5-2,40-32(31)37)20-18-24-12-8-7-9-13-24/h7-10,12-17,21,23,28,35-36H,4-6,11,18-20,22H2,1-3H3/t28-,33-/m1/s1. The number of nitrogens with one attached hydrogen (secondary N) is 1. The van der Waals surface area contributed by atoms with Gasteiger partial charge >= 0.3 is 5.97 Å². The van der Waals surface area contributed by atoms with Gasteiger partial charge in [-0.25, -0.2) is 9.78 Å². The Morgan fingerprint density at radius 2 is 1.73 bits per heavy atom. The topological polar surface area (TPSA) is 106 Å². The number of aromatic nitrogens is 1. The number of ether oxygens (including phenoxy) is 1. The van der Waals surface area contributed by atoms with Gasteiger partial charge in [0.25, 0.3) is 10.0 Å². The zero-order valence-corrected chi connectivity index (χ0v) is 24.9. The number of aliphatic hydroxyl groups is 1. The Kier molecular flexibility index (Phi) is 9.86. The van der Waals surface area contributed by atoms with Gasteiger partial charge in [0.15, 0.2) is 5.03 Å². The molecule has 0 saturated carbocycles. The van der Waals surface area contributed by atoms with E-state index < -0.39 is 27.5 Å². The number of cyclic esters (lactones) is 1. The molecule has 4 rings (SSSR count). The van der Waals surface area contributed by atoms with Crippen LogP contribution in [0.5, 0.6) is 0 Å². The lowest BCUT2D eigenvalue weighted by Crippen LogP contribution is -2.41. The zero-order valence-electron chi connectivity index (χ0n) is 24.1. The molecular weight excluding hydrogens is 536 g/mol. The van der Waals surface area contributed by atoms with Crippen LogP contribution in [0.4, 0.5) is 5.69 Å². The third-order valence-electron chi connectivity index (χ3n) is 7.66. The first kappa shape index (κ1) is 30.3. The summed E-state index contributed by atoms with van der Waals surface area (Å²) < 4.78 is 34.8. The Balaban J connectivity index is 1.56. The van der Waals surface area contributed by atoms with E-state index in [0.717, 1.165) is 36.8 Å². The van der Waals surface area contributed by atoms with E-state index in [0.29, 0.717) is 30.5 Å². The number of nitrogens with zero attached hydrogens (tertiary/aromatic N) is 1. The Morgan fingerprint density at radius 1 is 0.951 bits per heavy atom. The van der Waals surface area contributed by atoms with Gasteiger partial charge in [0.2, 0.25) is 0 Å². The molecule has 1 aromatic heterocycles. The van der Waals surface area contributed by atoms with E-state index in [1.54, 1.807) is 30.5 Å². The largest absolute Gasteiger partial charge is 0.512 e. The molecule has 0 amide bonds. The monoisotopic (exact) mass is 576 g/mol. The summed E-state index contributed by atoms with van der Waals surface area (Å²) in [5.74, 6) is -0.909. The fourth-order valence-corrected chi connectivity index (χ4v) is 6.65. The molecule has 0 radical (unpaired) electrons. The van der Waals surface area contributed by atoms with Gasteiger partial charge in [-0.2, -0.15) is 8.42 Å². The molecule has 41 heavy (non-hydrogen) atoms. The second-order valence-corrected chi connectivity index (χ2v) is 12.4. The van der Waals surface area contributed by atoms with Crippen LogP contribution in [0.15, 0.2) is 89.3 Å². The van der Waals surface area contributed by atoms with Gasteiger partial charge in [0.05, 0.1) is 5.57 Å². The summed E-state index contributed by atoms with van der Waals surface area (Å²) in [4.78, 5) is 17.6. The molecule has 2 N–H and O–H groups in total. The van der Waals surface area contributed by atoms with Crippen LogP contribution in [0, 0.1) is 0 Å². The summed E-state index contributed by atoms with van der Waals surface area (Å²) in [7, 11) is -3.91. The molecule has 0 saturated heterocycles. The number of sulfonamides is 1. The maximum atomic E-state index is 13.5. The Bertz CT molecular complexity index is 1470. The quantitative estimate of drug-likeness (QED) is 0.208. The molecular formula is C33H40N2O5S. The van der Waals surface area contributed by atoms with Crippen molar-refractivity contribution >= 4 is 21.7 Å². The fraction of sp³-hybridized carbons (Fsp3) is 0.394. The van der Waals surface area contributed by atoms with Gasteiger partial charge in [-0.05, 0) is 67.0 Å². The van der Waals surface area contributed by atoms with E-state index in [4.69, 9.17) is 4.74 Å². The van der Waals surface area contributed by atoms with Crippen LogP contribution in [-0.2, 0) is 32.4 Å². The average molecular weight is 577 g/mol. The Labute approximate surface area is 243 Å². The van der Waals surface area contributed by atoms with E-state index in [2.05, 4.69) is 28.8 Å². The van der Waals surface area contributed by atoms with Crippen LogP contribution in [0.1, 0.15) is 81.9 Å². The molecule has 0 aliphatic carbocycles. The minimum absolute atomic E-state index is 0.0527. The van der Waals surface area contributed by atoms with Crippen LogP contribution >= 0.6 is 0 Å². The molecule has 7 nitrogen and oxygen atoms in total. The molecule has 8 heteroatoms. The highest BCUT2D eigenvalue weighted by molar-refractivity contribution is 7.92. The normalized spacial score (nSPS) is 18.2. The predicted molar refractivity (Wildman–Crippen MR) is 161 cm³/mol. The van der Waals surface area contributed by atoms with Crippen molar-refractivity contribution in [2.45, 2.75) is 88.7 Å². The summed E-state index contributed by atoms with van der Waals surface area (Å²) in [6.07, 6.45) is 6.99. The third kappa shape index (κ3) is 7.36. The van der Waals surface area contributed by atoms with Crippen molar-refractivity contribution < 1.29 is 23.1 Å². The Morgan fingerprint density at radius 3 is 2.37 bits per heavy atom. The third-order valence-corrected chi connectivity index (χ3v) is 8.95. The van der Waals surface area contributed by atoms with Crippen molar-refractivity contribution in [2.24, 2.45) is 0 Å². The highest BCUT2D eigenvalue weighted by Crippen LogP contribution is 2.42. The van der Waals surface area contributed by atoms with Crippen molar-refractivity contribution in [1.29, 1.82) is 0 Å². The summed E-state index contributed by atoms with van der Waals surface area (Å²) in [5, 5.41) is 11.2. The maximum absolute atomic E-state index is 13.5. The minimum atomic E-state index is -3.91. The highest BCUT2D eigenvalue weighted by Gasteiger charge is 2.43. The van der Waals surface area contributed by atoms with Crippen LogP contribution < -0.4 is 4.72 Å². The van der Waals surface area contributed by atoms with Crippen molar-refractivity contribution in [1.82, 2.24) is 4.98 Å². The van der Waals surface area contributed by atoms with E-state index in [9.17, 15) is 18.3 Å². The van der Waals surface area contributed by atoms with Crippen LogP contribution in [0.2, 0.25) is 0 Å². The van der Waals surface area contributed by atoms with Gasteiger partial charge < -0.3 is 9.84 Å². The van der Waals surface area contributed by atoms with Crippen molar-refractivity contribution in [3.8, 4) is 0 Å². The fourth-order valence-electron chi connectivity index (χ4n) is 5.66. The maximum Gasteiger partial charge on any atom is 0.338 e. The zero-order chi connectivity index (χ0) is 29.5. The second-order valence-electron chi connectivity index (χ2n) is 10.8. The number of hydrogen-bond acceptors (Lipinski definition) is 6.